The van der Waals surface area contributed by atoms with E-state index in [2.05, 4.69) is 31.3 Å². The van der Waals surface area contributed by atoms with Crippen molar-refractivity contribution in [3.63, 3.8) is 0 Å². The smallest absolute Gasteiger partial charge is 0.249 e. The molecular formula is C84H165NO10. The largest absolute Gasteiger partial charge is 0.394 e. The van der Waals surface area contributed by atoms with Gasteiger partial charge in [0.15, 0.2) is 6.29 Å². The van der Waals surface area contributed by atoms with E-state index in [0.717, 1.165) is 38.5 Å². The summed E-state index contributed by atoms with van der Waals surface area (Å²) in [6.07, 6.45) is 82.1. The predicted octanol–water partition coefficient (Wildman–Crippen LogP) is 22.5. The number of amides is 1. The van der Waals surface area contributed by atoms with E-state index in [-0.39, 0.29) is 6.42 Å². The van der Waals surface area contributed by atoms with Crippen LogP contribution >= 0.6 is 0 Å². The number of allylic oxidation sites excluding steroid dienone is 2. The molecule has 1 rings (SSSR count). The molecule has 0 aromatic heterocycles. The molecule has 8 N–H and O–H groups in total. The second-order valence-electron chi connectivity index (χ2n) is 30.3. The van der Waals surface area contributed by atoms with Gasteiger partial charge in [-0.3, -0.25) is 4.79 Å². The predicted molar refractivity (Wildman–Crippen MR) is 404 cm³/mol. The number of carbonyl (C=O) groups is 1. The third-order valence-corrected chi connectivity index (χ3v) is 21.1. The molecule has 0 aromatic rings. The topological polar surface area (TPSA) is 189 Å². The first-order chi connectivity index (χ1) is 46.7. The Kier molecular flexibility index (Phi) is 70.2. The van der Waals surface area contributed by atoms with Gasteiger partial charge in [0.1, 0.15) is 36.6 Å². The first kappa shape index (κ1) is 91.9. The van der Waals surface area contributed by atoms with E-state index in [1.54, 1.807) is 0 Å². The van der Waals surface area contributed by atoms with Crippen LogP contribution in [0.4, 0.5) is 0 Å². The lowest BCUT2D eigenvalue weighted by Gasteiger charge is -2.40. The lowest BCUT2D eigenvalue weighted by atomic mass is 9.98. The van der Waals surface area contributed by atoms with E-state index in [4.69, 9.17) is 9.47 Å². The molecule has 1 heterocycles. The Morgan fingerprint density at radius 3 is 0.884 bits per heavy atom. The third kappa shape index (κ3) is 59.1. The molecule has 9 atom stereocenters. The van der Waals surface area contributed by atoms with Gasteiger partial charge in [-0.25, -0.2) is 0 Å². The number of unbranched alkanes of at least 4 members (excludes halogenated alkanes) is 63. The maximum absolute atomic E-state index is 13.3. The summed E-state index contributed by atoms with van der Waals surface area (Å²) in [6, 6.07) is -1.17. The van der Waals surface area contributed by atoms with Gasteiger partial charge < -0.3 is 50.5 Å². The first-order valence-electron chi connectivity index (χ1n) is 42.6. The fourth-order valence-electron chi connectivity index (χ4n) is 14.3. The van der Waals surface area contributed by atoms with Crippen LogP contribution in [0.2, 0.25) is 0 Å². The highest BCUT2D eigenvalue weighted by Crippen LogP contribution is 2.25. The van der Waals surface area contributed by atoms with E-state index in [1.807, 2.05) is 0 Å². The molecule has 0 spiro atoms. The summed E-state index contributed by atoms with van der Waals surface area (Å²) in [5.74, 6) is -0.686. The Morgan fingerprint density at radius 1 is 0.358 bits per heavy atom. The van der Waals surface area contributed by atoms with E-state index in [1.165, 1.54) is 372 Å². The molecule has 1 fully saturated rings. The van der Waals surface area contributed by atoms with Crippen molar-refractivity contribution in [2.24, 2.45) is 0 Å². The van der Waals surface area contributed by atoms with Crippen molar-refractivity contribution in [2.45, 2.75) is 506 Å². The minimum Gasteiger partial charge on any atom is -0.394 e. The average Bonchev–Trinajstić information content (AvgIpc) is 0.832. The second-order valence-corrected chi connectivity index (χ2v) is 30.3. The van der Waals surface area contributed by atoms with Gasteiger partial charge in [-0.1, -0.05) is 424 Å². The Hall–Kier alpha value is -1.15. The summed E-state index contributed by atoms with van der Waals surface area (Å²) in [4.78, 5) is 13.3. The molecule has 0 radical (unpaired) electrons. The summed E-state index contributed by atoms with van der Waals surface area (Å²) >= 11 is 0. The highest BCUT2D eigenvalue weighted by Gasteiger charge is 2.44. The van der Waals surface area contributed by atoms with Crippen molar-refractivity contribution in [2.75, 3.05) is 13.2 Å². The van der Waals surface area contributed by atoms with Crippen LogP contribution in [0.25, 0.3) is 0 Å². The van der Waals surface area contributed by atoms with Crippen LogP contribution in [0.5, 0.6) is 0 Å². The van der Waals surface area contributed by atoms with E-state index < -0.39 is 74.2 Å². The van der Waals surface area contributed by atoms with Crippen LogP contribution in [0.3, 0.4) is 0 Å². The molecule has 95 heavy (non-hydrogen) atoms. The van der Waals surface area contributed by atoms with Crippen LogP contribution in [0.15, 0.2) is 12.2 Å². The maximum Gasteiger partial charge on any atom is 0.249 e. The molecule has 566 valence electrons. The summed E-state index contributed by atoms with van der Waals surface area (Å²) in [5.41, 5.74) is 0. The summed E-state index contributed by atoms with van der Waals surface area (Å²) < 4.78 is 11.2. The van der Waals surface area contributed by atoms with Gasteiger partial charge in [-0.15, -0.1) is 0 Å². The van der Waals surface area contributed by atoms with E-state index >= 15 is 0 Å². The molecule has 11 nitrogen and oxygen atoms in total. The number of hydrogen-bond donors (Lipinski definition) is 8. The Morgan fingerprint density at radius 2 is 0.611 bits per heavy atom. The van der Waals surface area contributed by atoms with Crippen LogP contribution in [-0.2, 0) is 14.3 Å². The van der Waals surface area contributed by atoms with Crippen LogP contribution in [0, 0.1) is 0 Å². The monoisotopic (exact) mass is 1350 g/mol. The molecular weight excluding hydrogens is 1180 g/mol. The second kappa shape index (κ2) is 72.6. The molecule has 1 saturated heterocycles. The number of aliphatic hydroxyl groups is 7. The summed E-state index contributed by atoms with van der Waals surface area (Å²) in [7, 11) is 0. The van der Waals surface area contributed by atoms with Gasteiger partial charge in [-0.05, 0) is 38.5 Å². The summed E-state index contributed by atoms with van der Waals surface area (Å²) in [5, 5.41) is 76.9. The standard InChI is InChI=1S/C84H165NO10/c1-3-5-7-9-11-13-15-17-19-21-23-25-27-29-31-33-35-37-38-39-40-42-44-46-48-50-52-54-56-58-60-62-64-66-68-70-72-77(88)83(93)85-75(74-94-84-82(92)81(91)80(90)78(73-86)95-84)79(89)76(87)71-69-67-65-63-61-59-57-55-53-51-49-47-45-43-41-36-34-32-30-28-26-24-22-20-18-16-14-12-10-8-6-4-2/h37-38,75-82,84,86-92H,3-36,39-74H2,1-2H3,(H,85,93)/b38-37-. The molecule has 9 unspecified atom stereocenters. The maximum atomic E-state index is 13.3. The van der Waals surface area contributed by atoms with Crippen LogP contribution in [-0.4, -0.2) is 110 Å². The van der Waals surface area contributed by atoms with Crippen molar-refractivity contribution in [3.05, 3.63) is 12.2 Å². The lowest BCUT2D eigenvalue weighted by Crippen LogP contribution is -2.60. The molecule has 0 aromatic carbocycles. The van der Waals surface area contributed by atoms with Crippen molar-refractivity contribution in [3.8, 4) is 0 Å². The average molecular weight is 1350 g/mol. The van der Waals surface area contributed by atoms with Gasteiger partial charge in [0.2, 0.25) is 5.91 Å². The number of carbonyl (C=O) groups excluding carboxylic acids is 1. The van der Waals surface area contributed by atoms with Gasteiger partial charge in [-0.2, -0.15) is 0 Å². The van der Waals surface area contributed by atoms with Gasteiger partial charge in [0.25, 0.3) is 0 Å². The fraction of sp³-hybridized carbons (Fsp3) is 0.964. The van der Waals surface area contributed by atoms with Gasteiger partial charge in [0.05, 0.1) is 25.4 Å². The number of ether oxygens (including phenoxy) is 2. The SMILES string of the molecule is CCCCCCCCCCCCCCCCCC/C=C\CCCCCCCCCCCCCCCCCCC(O)C(=O)NC(COC1OC(CO)C(O)C(O)C1O)C(O)C(O)CCCCCCCCCCCCCCCCCCCCCCCCCCCCCCCCCC. The Bertz CT molecular complexity index is 1550. The molecule has 0 aliphatic carbocycles. The highest BCUT2D eigenvalue weighted by atomic mass is 16.7. The Labute approximate surface area is 589 Å². The molecule has 0 saturated carbocycles. The quantitative estimate of drug-likeness (QED) is 0.0215. The minimum atomic E-state index is -1.66. The fourth-order valence-corrected chi connectivity index (χ4v) is 14.3. The number of nitrogens with one attached hydrogen (secondary N) is 1. The van der Waals surface area contributed by atoms with Gasteiger partial charge in [0, 0.05) is 0 Å². The zero-order valence-electron chi connectivity index (χ0n) is 63.2. The van der Waals surface area contributed by atoms with E-state index in [9.17, 15) is 40.5 Å². The Balaban J connectivity index is 2.09. The van der Waals surface area contributed by atoms with Crippen molar-refractivity contribution < 1.29 is 50.0 Å². The molecule has 1 aliphatic rings. The van der Waals surface area contributed by atoms with Crippen molar-refractivity contribution >= 4 is 5.91 Å². The van der Waals surface area contributed by atoms with E-state index in [0.29, 0.717) is 19.3 Å². The molecule has 11 heteroatoms. The normalized spacial score (nSPS) is 18.1. The zero-order valence-corrected chi connectivity index (χ0v) is 63.2. The summed E-state index contributed by atoms with van der Waals surface area (Å²) in [6.45, 7) is 3.55. The molecule has 0 bridgehead atoms. The molecule has 1 aliphatic heterocycles. The number of aliphatic hydroxyl groups excluding tert-OH is 7. The number of rotatable bonds is 77. The highest BCUT2D eigenvalue weighted by molar-refractivity contribution is 5.80. The van der Waals surface area contributed by atoms with Crippen molar-refractivity contribution in [1.29, 1.82) is 0 Å². The lowest BCUT2D eigenvalue weighted by molar-refractivity contribution is -0.303. The number of hydrogen-bond acceptors (Lipinski definition) is 10. The first-order valence-corrected chi connectivity index (χ1v) is 42.6. The van der Waals surface area contributed by atoms with Crippen LogP contribution < -0.4 is 5.32 Å². The zero-order chi connectivity index (χ0) is 68.8. The molecule has 1 amide bonds. The van der Waals surface area contributed by atoms with Crippen molar-refractivity contribution in [1.82, 2.24) is 5.32 Å². The van der Waals surface area contributed by atoms with Crippen LogP contribution in [0.1, 0.15) is 450 Å². The third-order valence-electron chi connectivity index (χ3n) is 21.1. The van der Waals surface area contributed by atoms with Gasteiger partial charge >= 0.3 is 0 Å². The minimum absolute atomic E-state index is 0.265.